The molecule has 0 radical (unpaired) electrons. The van der Waals surface area contributed by atoms with Gasteiger partial charge >= 0.3 is 5.69 Å². The van der Waals surface area contributed by atoms with E-state index >= 15 is 0 Å². The molecule has 0 aliphatic heterocycles. The van der Waals surface area contributed by atoms with E-state index in [2.05, 4.69) is 4.99 Å². The number of nitro benzene ring substituents is 1. The van der Waals surface area contributed by atoms with E-state index in [1.165, 1.54) is 0 Å². The number of hydrogen-bond acceptors (Lipinski definition) is 4. The maximum atomic E-state index is 13.2. The van der Waals surface area contributed by atoms with Crippen molar-refractivity contribution < 1.29 is 18.5 Å². The number of carbonyl (C=O) groups excluding carboxylic acids is 1. The molecule has 0 saturated heterocycles. The molecule has 0 unspecified atom stereocenters. The lowest BCUT2D eigenvalue weighted by Gasteiger charge is -2.01. The average molecular weight is 214 g/mol. The van der Waals surface area contributed by atoms with Gasteiger partial charge in [0.15, 0.2) is 5.82 Å². The summed E-state index contributed by atoms with van der Waals surface area (Å²) in [5.41, 5.74) is -2.09. The number of rotatable bonds is 2. The number of aliphatic imine (C=N–C) groups is 1. The number of nitrogens with zero attached hydrogens (tertiary/aromatic N) is 2. The minimum absolute atomic E-state index is 0.544. The molecule has 0 amide bonds. The Morgan fingerprint density at radius 1 is 1.47 bits per heavy atom. The Bertz CT molecular complexity index is 455. The molecule has 0 heterocycles. The molecule has 1 rings (SSSR count). The molecular formula is C8H4F2N2O3. The van der Waals surface area contributed by atoms with Crippen molar-refractivity contribution in [3.8, 4) is 0 Å². The molecule has 0 bridgehead atoms. The summed E-state index contributed by atoms with van der Waals surface area (Å²) >= 11 is 0. The summed E-state index contributed by atoms with van der Waals surface area (Å²) in [5, 5.41) is 10.3. The van der Waals surface area contributed by atoms with Gasteiger partial charge in [0.1, 0.15) is 5.69 Å². The summed E-state index contributed by atoms with van der Waals surface area (Å²) in [6, 6.07) is 0.544. The summed E-state index contributed by atoms with van der Waals surface area (Å²) in [5.74, 6) is -2.39. The molecule has 1 aromatic rings. The summed E-state index contributed by atoms with van der Waals surface area (Å²) in [6.45, 7) is 1.02. The van der Waals surface area contributed by atoms with Crippen LogP contribution in [0.4, 0.5) is 20.2 Å². The van der Waals surface area contributed by atoms with Gasteiger partial charge < -0.3 is 0 Å². The van der Waals surface area contributed by atoms with Crippen molar-refractivity contribution in [2.24, 2.45) is 4.99 Å². The molecular weight excluding hydrogens is 210 g/mol. The first-order valence-electron chi connectivity index (χ1n) is 3.70. The van der Waals surface area contributed by atoms with Crippen molar-refractivity contribution in [2.45, 2.75) is 6.92 Å². The largest absolute Gasteiger partial charge is 0.307 e. The van der Waals surface area contributed by atoms with Gasteiger partial charge in [0.05, 0.1) is 4.92 Å². The quantitative estimate of drug-likeness (QED) is 0.327. The van der Waals surface area contributed by atoms with E-state index in [4.69, 9.17) is 0 Å². The molecule has 0 atom stereocenters. The van der Waals surface area contributed by atoms with E-state index in [0.29, 0.717) is 6.07 Å². The first-order chi connectivity index (χ1) is 6.99. The van der Waals surface area contributed by atoms with Gasteiger partial charge in [-0.25, -0.2) is 9.18 Å². The third-order valence-corrected chi connectivity index (χ3v) is 1.74. The predicted molar refractivity (Wildman–Crippen MR) is 45.5 cm³/mol. The summed E-state index contributed by atoms with van der Waals surface area (Å²) in [4.78, 5) is 22.1. The molecule has 0 aliphatic rings. The molecule has 0 N–H and O–H groups in total. The Labute approximate surface area is 82.2 Å². The van der Waals surface area contributed by atoms with Gasteiger partial charge in [0.25, 0.3) is 0 Å². The lowest BCUT2D eigenvalue weighted by Crippen LogP contribution is -1.97. The summed E-state index contributed by atoms with van der Waals surface area (Å²) in [6.07, 6.45) is 1.03. The van der Waals surface area contributed by atoms with E-state index in [1.54, 1.807) is 0 Å². The molecule has 15 heavy (non-hydrogen) atoms. The number of benzene rings is 1. The highest BCUT2D eigenvalue weighted by atomic mass is 19.1. The van der Waals surface area contributed by atoms with E-state index in [-0.39, 0.29) is 0 Å². The Morgan fingerprint density at radius 3 is 2.53 bits per heavy atom. The van der Waals surface area contributed by atoms with E-state index in [0.717, 1.165) is 13.0 Å². The number of nitro groups is 1. The molecule has 0 aliphatic carbocycles. The fourth-order valence-corrected chi connectivity index (χ4v) is 1.00. The highest BCUT2D eigenvalue weighted by Crippen LogP contribution is 2.30. The Kier molecular flexibility index (Phi) is 2.87. The predicted octanol–water partition coefficient (Wildman–Crippen LogP) is 2.15. The highest BCUT2D eigenvalue weighted by molar-refractivity contribution is 5.57. The third kappa shape index (κ3) is 1.87. The minimum Gasteiger partial charge on any atom is -0.258 e. The second-order valence-corrected chi connectivity index (χ2v) is 2.63. The second-order valence-electron chi connectivity index (χ2n) is 2.63. The zero-order valence-electron chi connectivity index (χ0n) is 7.45. The van der Waals surface area contributed by atoms with Crippen LogP contribution in [-0.4, -0.2) is 11.0 Å². The molecule has 5 nitrogen and oxygen atoms in total. The van der Waals surface area contributed by atoms with Crippen molar-refractivity contribution in [1.82, 2.24) is 0 Å². The lowest BCUT2D eigenvalue weighted by atomic mass is 10.1. The Hall–Kier alpha value is -2.14. The monoisotopic (exact) mass is 214 g/mol. The molecule has 0 spiro atoms. The molecule has 7 heteroatoms. The first kappa shape index (κ1) is 10.9. The van der Waals surface area contributed by atoms with Gasteiger partial charge in [-0.15, -0.1) is 0 Å². The standard InChI is InChI=1S/C8H4F2N2O3/c1-4-7(9)5(11-3-13)2-6(8(4)10)12(14)15/h2H,1H3. The van der Waals surface area contributed by atoms with Crippen LogP contribution in [0.2, 0.25) is 0 Å². The Morgan fingerprint density at radius 2 is 2.07 bits per heavy atom. The van der Waals surface area contributed by atoms with Crippen LogP contribution in [0.15, 0.2) is 11.1 Å². The summed E-state index contributed by atoms with van der Waals surface area (Å²) in [7, 11) is 0. The van der Waals surface area contributed by atoms with Gasteiger partial charge in [-0.3, -0.25) is 10.1 Å². The maximum absolute atomic E-state index is 13.2. The lowest BCUT2D eigenvalue weighted by molar-refractivity contribution is -0.387. The van der Waals surface area contributed by atoms with Crippen LogP contribution in [0.1, 0.15) is 5.56 Å². The molecule has 0 fully saturated rings. The van der Waals surface area contributed by atoms with Crippen molar-refractivity contribution in [3.63, 3.8) is 0 Å². The Balaban J connectivity index is 3.58. The van der Waals surface area contributed by atoms with Crippen LogP contribution in [-0.2, 0) is 4.79 Å². The van der Waals surface area contributed by atoms with E-state index in [1.807, 2.05) is 0 Å². The number of isocyanates is 1. The first-order valence-corrected chi connectivity index (χ1v) is 3.70. The zero-order valence-corrected chi connectivity index (χ0v) is 7.45. The van der Waals surface area contributed by atoms with Crippen molar-refractivity contribution in [2.75, 3.05) is 0 Å². The van der Waals surface area contributed by atoms with Crippen LogP contribution in [0.5, 0.6) is 0 Å². The van der Waals surface area contributed by atoms with Gasteiger partial charge in [-0.2, -0.15) is 9.38 Å². The normalized spacial score (nSPS) is 9.53. The third-order valence-electron chi connectivity index (χ3n) is 1.74. The molecule has 0 aromatic heterocycles. The van der Waals surface area contributed by atoms with Gasteiger partial charge in [-0.05, 0) is 6.92 Å². The molecule has 78 valence electrons. The van der Waals surface area contributed by atoms with Gasteiger partial charge in [-0.1, -0.05) is 0 Å². The van der Waals surface area contributed by atoms with Crippen LogP contribution in [0.25, 0.3) is 0 Å². The van der Waals surface area contributed by atoms with Crippen LogP contribution >= 0.6 is 0 Å². The van der Waals surface area contributed by atoms with Crippen LogP contribution < -0.4 is 0 Å². The van der Waals surface area contributed by atoms with Crippen molar-refractivity contribution in [1.29, 1.82) is 0 Å². The van der Waals surface area contributed by atoms with Crippen LogP contribution in [0.3, 0.4) is 0 Å². The van der Waals surface area contributed by atoms with Crippen molar-refractivity contribution in [3.05, 3.63) is 33.4 Å². The smallest absolute Gasteiger partial charge is 0.258 e. The molecule has 0 saturated carbocycles. The zero-order chi connectivity index (χ0) is 11.6. The van der Waals surface area contributed by atoms with E-state index < -0.39 is 33.5 Å². The van der Waals surface area contributed by atoms with Gasteiger partial charge in [0, 0.05) is 11.6 Å². The highest BCUT2D eigenvalue weighted by Gasteiger charge is 2.22. The maximum Gasteiger partial charge on any atom is 0.307 e. The minimum atomic E-state index is -1.28. The van der Waals surface area contributed by atoms with Crippen molar-refractivity contribution >= 4 is 17.5 Å². The number of hydrogen-bond donors (Lipinski definition) is 0. The fraction of sp³-hybridized carbons (Fsp3) is 0.125. The number of halogens is 2. The topological polar surface area (TPSA) is 72.6 Å². The fourth-order valence-electron chi connectivity index (χ4n) is 1.00. The second kappa shape index (κ2) is 3.93. The molecule has 1 aromatic carbocycles. The SMILES string of the molecule is Cc1c(F)c(N=C=O)cc([N+](=O)[O-])c1F. The van der Waals surface area contributed by atoms with Gasteiger partial charge in [0.2, 0.25) is 11.9 Å². The van der Waals surface area contributed by atoms with E-state index in [9.17, 15) is 23.7 Å². The van der Waals surface area contributed by atoms with Crippen LogP contribution in [0, 0.1) is 28.7 Å². The summed E-state index contributed by atoms with van der Waals surface area (Å²) < 4.78 is 26.3. The average Bonchev–Trinajstić information content (AvgIpc) is 2.18.